The fourth-order valence-corrected chi connectivity index (χ4v) is 2.14. The number of aromatic nitrogens is 2. The van der Waals surface area contributed by atoms with Crippen LogP contribution in [0.2, 0.25) is 0 Å². The summed E-state index contributed by atoms with van der Waals surface area (Å²) < 4.78 is 39.7. The molecule has 0 radical (unpaired) electrons. The molecule has 122 valence electrons. The summed E-state index contributed by atoms with van der Waals surface area (Å²) in [7, 11) is 1.30. The van der Waals surface area contributed by atoms with E-state index in [1.54, 1.807) is 0 Å². The highest BCUT2D eigenvalue weighted by Gasteiger charge is 2.35. The number of carbonyl (C=O) groups is 1. The van der Waals surface area contributed by atoms with Crippen molar-refractivity contribution in [3.8, 4) is 0 Å². The first kappa shape index (κ1) is 16.5. The molecule has 0 unspecified atom stereocenters. The summed E-state index contributed by atoms with van der Waals surface area (Å²) in [4.78, 5) is 22.4. The minimum atomic E-state index is -4.67. The molecule has 1 heterocycles. The number of para-hydroxylation sites is 1. The Balaban J connectivity index is 2.44. The maximum Gasteiger partial charge on any atom is 0.418 e. The lowest BCUT2D eigenvalue weighted by atomic mass is 10.1. The molecule has 1 aromatic heterocycles. The topological polar surface area (TPSA) is 90.1 Å². The zero-order valence-electron chi connectivity index (χ0n) is 12.0. The van der Waals surface area contributed by atoms with E-state index in [0.717, 1.165) is 16.8 Å². The fourth-order valence-electron chi connectivity index (χ4n) is 2.14. The largest absolute Gasteiger partial charge is 0.418 e. The van der Waals surface area contributed by atoms with Crippen LogP contribution in [0.15, 0.2) is 24.3 Å². The van der Waals surface area contributed by atoms with Crippen LogP contribution in [0.4, 0.5) is 24.5 Å². The molecule has 0 saturated carbocycles. The number of alkyl halides is 3. The zero-order valence-corrected chi connectivity index (χ0v) is 12.0. The number of halogens is 3. The number of anilines is 1. The molecule has 1 amide bonds. The molecule has 0 spiro atoms. The van der Waals surface area contributed by atoms with Gasteiger partial charge in [-0.3, -0.25) is 19.6 Å². The van der Waals surface area contributed by atoms with Gasteiger partial charge in [0, 0.05) is 7.05 Å². The van der Waals surface area contributed by atoms with Crippen molar-refractivity contribution in [1.29, 1.82) is 0 Å². The highest BCUT2D eigenvalue weighted by atomic mass is 19.4. The van der Waals surface area contributed by atoms with E-state index in [9.17, 15) is 28.1 Å². The van der Waals surface area contributed by atoms with Crippen molar-refractivity contribution in [3.63, 3.8) is 0 Å². The molecule has 0 aliphatic heterocycles. The van der Waals surface area contributed by atoms with Crippen LogP contribution in [0.5, 0.6) is 0 Å². The third-order valence-corrected chi connectivity index (χ3v) is 3.07. The van der Waals surface area contributed by atoms with Gasteiger partial charge in [0.05, 0.1) is 16.2 Å². The van der Waals surface area contributed by atoms with E-state index < -0.39 is 39.6 Å². The monoisotopic (exact) mass is 328 g/mol. The van der Waals surface area contributed by atoms with Gasteiger partial charge in [0.25, 0.3) is 5.91 Å². The van der Waals surface area contributed by atoms with Crippen LogP contribution in [0.25, 0.3) is 0 Å². The Hall–Kier alpha value is -2.91. The molecule has 2 aromatic rings. The number of rotatable bonds is 3. The van der Waals surface area contributed by atoms with E-state index in [0.29, 0.717) is 0 Å². The first-order valence-corrected chi connectivity index (χ1v) is 6.28. The number of nitrogens with zero attached hydrogens (tertiary/aromatic N) is 3. The minimum Gasteiger partial charge on any atom is -0.320 e. The average molecular weight is 328 g/mol. The Morgan fingerprint density at radius 3 is 2.52 bits per heavy atom. The highest BCUT2D eigenvalue weighted by Crippen LogP contribution is 2.35. The number of nitrogens with one attached hydrogen (secondary N) is 1. The first-order chi connectivity index (χ1) is 10.6. The molecule has 1 aromatic carbocycles. The molecular weight excluding hydrogens is 317 g/mol. The normalized spacial score (nSPS) is 11.3. The minimum absolute atomic E-state index is 0.00763. The molecule has 0 aliphatic carbocycles. The first-order valence-electron chi connectivity index (χ1n) is 6.28. The quantitative estimate of drug-likeness (QED) is 0.693. The Bertz CT molecular complexity index is 783. The third kappa shape index (κ3) is 3.15. The second-order valence-electron chi connectivity index (χ2n) is 4.66. The lowest BCUT2D eigenvalue weighted by molar-refractivity contribution is -0.385. The molecule has 7 nitrogen and oxygen atoms in total. The van der Waals surface area contributed by atoms with Gasteiger partial charge in [-0.05, 0) is 19.1 Å². The molecule has 0 aliphatic rings. The molecule has 0 bridgehead atoms. The van der Waals surface area contributed by atoms with Gasteiger partial charge < -0.3 is 5.32 Å². The number of carbonyl (C=O) groups excluding carboxylic acids is 1. The second-order valence-corrected chi connectivity index (χ2v) is 4.66. The van der Waals surface area contributed by atoms with Gasteiger partial charge in [-0.1, -0.05) is 12.1 Å². The third-order valence-electron chi connectivity index (χ3n) is 3.07. The zero-order chi connectivity index (χ0) is 17.4. The molecule has 0 saturated heterocycles. The van der Waals surface area contributed by atoms with Crippen molar-refractivity contribution in [1.82, 2.24) is 9.78 Å². The molecule has 0 fully saturated rings. The summed E-state index contributed by atoms with van der Waals surface area (Å²) in [6.45, 7) is 1.33. The van der Waals surface area contributed by atoms with Crippen LogP contribution in [0.3, 0.4) is 0 Å². The number of amides is 1. The summed E-state index contributed by atoms with van der Waals surface area (Å²) in [5, 5.41) is 16.8. The maximum atomic E-state index is 12.9. The van der Waals surface area contributed by atoms with Crippen LogP contribution in [0.1, 0.15) is 21.7 Å². The van der Waals surface area contributed by atoms with Gasteiger partial charge in [0.2, 0.25) is 5.69 Å². The van der Waals surface area contributed by atoms with Crippen molar-refractivity contribution < 1.29 is 22.9 Å². The Morgan fingerprint density at radius 2 is 1.96 bits per heavy atom. The summed E-state index contributed by atoms with van der Waals surface area (Å²) >= 11 is 0. The van der Waals surface area contributed by atoms with Crippen molar-refractivity contribution in [2.75, 3.05) is 5.32 Å². The van der Waals surface area contributed by atoms with E-state index >= 15 is 0 Å². The van der Waals surface area contributed by atoms with E-state index in [1.165, 1.54) is 26.1 Å². The number of benzene rings is 1. The van der Waals surface area contributed by atoms with Crippen LogP contribution in [0, 0.1) is 17.0 Å². The Kier molecular flexibility index (Phi) is 4.08. The van der Waals surface area contributed by atoms with Crippen LogP contribution < -0.4 is 5.32 Å². The lowest BCUT2D eigenvalue weighted by Crippen LogP contribution is -2.20. The van der Waals surface area contributed by atoms with Crippen LogP contribution >= 0.6 is 0 Å². The lowest BCUT2D eigenvalue weighted by Gasteiger charge is -2.13. The van der Waals surface area contributed by atoms with Gasteiger partial charge in [-0.15, -0.1) is 0 Å². The Morgan fingerprint density at radius 1 is 1.35 bits per heavy atom. The molecule has 10 heteroatoms. The SMILES string of the molecule is Cc1nn(C)c(C(=O)Nc2ccccc2C(F)(F)F)c1[N+](=O)[O-]. The highest BCUT2D eigenvalue weighted by molar-refractivity contribution is 6.06. The average Bonchev–Trinajstić information content (AvgIpc) is 2.73. The predicted octanol–water partition coefficient (Wildman–Crippen LogP) is 2.91. The van der Waals surface area contributed by atoms with E-state index in [1.807, 2.05) is 0 Å². The van der Waals surface area contributed by atoms with Gasteiger partial charge >= 0.3 is 11.9 Å². The van der Waals surface area contributed by atoms with Gasteiger partial charge in [0.15, 0.2) is 0 Å². The number of hydrogen-bond acceptors (Lipinski definition) is 4. The summed E-state index contributed by atoms with van der Waals surface area (Å²) in [5.41, 5.74) is -2.52. The standard InChI is InChI=1S/C13H11F3N4O3/c1-7-10(20(22)23)11(19(2)18-7)12(21)17-9-6-4-3-5-8(9)13(14,15)16/h3-6H,1-2H3,(H,17,21). The number of aryl methyl sites for hydroxylation is 2. The summed E-state index contributed by atoms with van der Waals surface area (Å²) in [6.07, 6.45) is -4.67. The predicted molar refractivity (Wildman–Crippen MR) is 74.0 cm³/mol. The smallest absolute Gasteiger partial charge is 0.320 e. The molecular formula is C13H11F3N4O3. The molecule has 2 rings (SSSR count). The van der Waals surface area contributed by atoms with Crippen molar-refractivity contribution in [2.45, 2.75) is 13.1 Å². The molecule has 0 atom stereocenters. The van der Waals surface area contributed by atoms with E-state index in [2.05, 4.69) is 10.4 Å². The Labute approximate surface area is 127 Å². The van der Waals surface area contributed by atoms with Gasteiger partial charge in [-0.2, -0.15) is 18.3 Å². The van der Waals surface area contributed by atoms with Gasteiger partial charge in [-0.25, -0.2) is 0 Å². The summed E-state index contributed by atoms with van der Waals surface area (Å²) in [5.74, 6) is -1.04. The van der Waals surface area contributed by atoms with Crippen LogP contribution in [-0.4, -0.2) is 20.6 Å². The molecule has 1 N–H and O–H groups in total. The van der Waals surface area contributed by atoms with Crippen molar-refractivity contribution in [2.24, 2.45) is 7.05 Å². The van der Waals surface area contributed by atoms with Crippen molar-refractivity contribution >= 4 is 17.3 Å². The number of hydrogen-bond donors (Lipinski definition) is 1. The van der Waals surface area contributed by atoms with E-state index in [-0.39, 0.29) is 5.69 Å². The van der Waals surface area contributed by atoms with E-state index in [4.69, 9.17) is 0 Å². The van der Waals surface area contributed by atoms with Crippen molar-refractivity contribution in [3.05, 3.63) is 51.3 Å². The second kappa shape index (κ2) is 5.71. The van der Waals surface area contributed by atoms with Gasteiger partial charge in [0.1, 0.15) is 5.69 Å². The van der Waals surface area contributed by atoms with Crippen LogP contribution in [-0.2, 0) is 13.2 Å². The summed E-state index contributed by atoms with van der Waals surface area (Å²) in [6, 6.07) is 4.36. The fraction of sp³-hybridized carbons (Fsp3) is 0.231. The number of nitro groups is 1. The maximum absolute atomic E-state index is 12.9. The molecule has 23 heavy (non-hydrogen) atoms.